The number of hydrogen-bond acceptors (Lipinski definition) is 3. The van der Waals surface area contributed by atoms with E-state index in [9.17, 15) is 13.6 Å². The Balaban J connectivity index is 2.09. The number of rotatable bonds is 5. The molecule has 4 nitrogen and oxygen atoms in total. The molecule has 2 rings (SSSR count). The van der Waals surface area contributed by atoms with E-state index in [1.54, 1.807) is 19.1 Å². The van der Waals surface area contributed by atoms with Crippen molar-refractivity contribution in [2.75, 3.05) is 5.32 Å². The SMILES string of the molecule is CC(Cc1ccc(F)cc1)Nc1nccc(C(=O)O)c1F. The highest BCUT2D eigenvalue weighted by atomic mass is 19.1. The summed E-state index contributed by atoms with van der Waals surface area (Å²) < 4.78 is 26.7. The highest BCUT2D eigenvalue weighted by Crippen LogP contribution is 2.17. The summed E-state index contributed by atoms with van der Waals surface area (Å²) in [5, 5.41) is 11.7. The van der Waals surface area contributed by atoms with Gasteiger partial charge >= 0.3 is 5.97 Å². The first-order chi connectivity index (χ1) is 9.97. The molecule has 0 bridgehead atoms. The predicted octanol–water partition coefficient (Wildman–Crippen LogP) is 3.10. The lowest BCUT2D eigenvalue weighted by Crippen LogP contribution is -2.20. The minimum atomic E-state index is -1.34. The molecular weight excluding hydrogens is 278 g/mol. The summed E-state index contributed by atoms with van der Waals surface area (Å²) in [6.07, 6.45) is 1.76. The van der Waals surface area contributed by atoms with E-state index in [4.69, 9.17) is 5.11 Å². The molecule has 0 radical (unpaired) electrons. The maximum atomic E-state index is 13.9. The van der Waals surface area contributed by atoms with Gasteiger partial charge < -0.3 is 10.4 Å². The number of pyridine rings is 1. The molecule has 0 aliphatic carbocycles. The van der Waals surface area contributed by atoms with Gasteiger partial charge in [0.25, 0.3) is 0 Å². The normalized spacial score (nSPS) is 12.0. The lowest BCUT2D eigenvalue weighted by atomic mass is 10.1. The van der Waals surface area contributed by atoms with Crippen molar-refractivity contribution in [2.45, 2.75) is 19.4 Å². The van der Waals surface area contributed by atoms with Crippen LogP contribution in [0.15, 0.2) is 36.5 Å². The number of nitrogens with zero attached hydrogens (tertiary/aromatic N) is 1. The van der Waals surface area contributed by atoms with Gasteiger partial charge in [-0.3, -0.25) is 0 Å². The van der Waals surface area contributed by atoms with Crippen LogP contribution < -0.4 is 5.32 Å². The monoisotopic (exact) mass is 292 g/mol. The first-order valence-corrected chi connectivity index (χ1v) is 6.36. The molecule has 0 spiro atoms. The Kier molecular flexibility index (Phi) is 4.47. The molecule has 0 amide bonds. The smallest absolute Gasteiger partial charge is 0.338 e. The molecule has 0 saturated heterocycles. The van der Waals surface area contributed by atoms with E-state index in [1.165, 1.54) is 18.3 Å². The first-order valence-electron chi connectivity index (χ1n) is 6.36. The van der Waals surface area contributed by atoms with Crippen molar-refractivity contribution < 1.29 is 18.7 Å². The number of benzene rings is 1. The lowest BCUT2D eigenvalue weighted by molar-refractivity contribution is 0.0692. The highest BCUT2D eigenvalue weighted by molar-refractivity contribution is 5.88. The average molecular weight is 292 g/mol. The van der Waals surface area contributed by atoms with E-state index in [0.717, 1.165) is 11.6 Å². The highest BCUT2D eigenvalue weighted by Gasteiger charge is 2.16. The summed E-state index contributed by atoms with van der Waals surface area (Å²) in [6.45, 7) is 1.80. The van der Waals surface area contributed by atoms with Crippen LogP contribution in [0.1, 0.15) is 22.8 Å². The molecule has 110 valence electrons. The first kappa shape index (κ1) is 14.9. The number of carboxylic acids is 1. The molecule has 1 atom stereocenters. The van der Waals surface area contributed by atoms with Crippen molar-refractivity contribution in [3.63, 3.8) is 0 Å². The van der Waals surface area contributed by atoms with E-state index in [0.29, 0.717) is 6.42 Å². The third kappa shape index (κ3) is 3.75. The number of halogens is 2. The quantitative estimate of drug-likeness (QED) is 0.889. The van der Waals surface area contributed by atoms with E-state index in [2.05, 4.69) is 10.3 Å². The molecule has 21 heavy (non-hydrogen) atoms. The van der Waals surface area contributed by atoms with Crippen molar-refractivity contribution in [1.29, 1.82) is 0 Å². The van der Waals surface area contributed by atoms with Crippen molar-refractivity contribution in [3.8, 4) is 0 Å². The maximum absolute atomic E-state index is 13.9. The second kappa shape index (κ2) is 6.30. The van der Waals surface area contributed by atoms with Gasteiger partial charge in [-0.1, -0.05) is 12.1 Å². The Hall–Kier alpha value is -2.50. The molecule has 1 unspecified atom stereocenters. The molecule has 0 fully saturated rings. The molecule has 6 heteroatoms. The van der Waals surface area contributed by atoms with E-state index in [1.807, 2.05) is 0 Å². The standard InChI is InChI=1S/C15H14F2N2O2/c1-9(8-10-2-4-11(16)5-3-10)19-14-13(17)12(15(20)21)6-7-18-14/h2-7,9H,8H2,1H3,(H,18,19)(H,20,21). The van der Waals surface area contributed by atoms with Gasteiger partial charge in [-0.25, -0.2) is 18.6 Å². The molecule has 0 saturated carbocycles. The summed E-state index contributed by atoms with van der Waals surface area (Å²) in [6, 6.07) is 6.91. The zero-order chi connectivity index (χ0) is 15.4. The second-order valence-corrected chi connectivity index (χ2v) is 4.70. The molecule has 0 aliphatic heterocycles. The van der Waals surface area contributed by atoms with Crippen LogP contribution in [0.2, 0.25) is 0 Å². The van der Waals surface area contributed by atoms with Crippen LogP contribution in [-0.2, 0) is 6.42 Å². The van der Waals surface area contributed by atoms with E-state index < -0.39 is 17.3 Å². The maximum Gasteiger partial charge on any atom is 0.338 e. The Morgan fingerprint density at radius 3 is 2.57 bits per heavy atom. The number of nitrogens with one attached hydrogen (secondary N) is 1. The zero-order valence-electron chi connectivity index (χ0n) is 11.3. The predicted molar refractivity (Wildman–Crippen MR) is 74.3 cm³/mol. The summed E-state index contributed by atoms with van der Waals surface area (Å²) in [5.74, 6) is -2.66. The summed E-state index contributed by atoms with van der Waals surface area (Å²) in [7, 11) is 0. The summed E-state index contributed by atoms with van der Waals surface area (Å²) in [4.78, 5) is 14.7. The number of anilines is 1. The molecule has 2 aromatic rings. The zero-order valence-corrected chi connectivity index (χ0v) is 11.3. The second-order valence-electron chi connectivity index (χ2n) is 4.70. The van der Waals surface area contributed by atoms with Crippen molar-refractivity contribution in [3.05, 3.63) is 59.3 Å². The number of aromatic carboxylic acids is 1. The van der Waals surface area contributed by atoms with E-state index >= 15 is 0 Å². The van der Waals surface area contributed by atoms with Gasteiger partial charge in [0, 0.05) is 12.2 Å². The Morgan fingerprint density at radius 1 is 1.29 bits per heavy atom. The number of hydrogen-bond donors (Lipinski definition) is 2. The van der Waals surface area contributed by atoms with Crippen molar-refractivity contribution >= 4 is 11.8 Å². The minimum Gasteiger partial charge on any atom is -0.478 e. The number of aromatic nitrogens is 1. The average Bonchev–Trinajstić information content (AvgIpc) is 2.43. The van der Waals surface area contributed by atoms with Crippen LogP contribution >= 0.6 is 0 Å². The van der Waals surface area contributed by atoms with Crippen LogP contribution in [0.4, 0.5) is 14.6 Å². The van der Waals surface area contributed by atoms with Gasteiger partial charge in [-0.2, -0.15) is 0 Å². The van der Waals surface area contributed by atoms with Crippen LogP contribution in [0, 0.1) is 11.6 Å². The number of carbonyl (C=O) groups is 1. The lowest BCUT2D eigenvalue weighted by Gasteiger charge is -2.15. The Morgan fingerprint density at radius 2 is 1.95 bits per heavy atom. The largest absolute Gasteiger partial charge is 0.478 e. The molecule has 1 aromatic heterocycles. The van der Waals surface area contributed by atoms with E-state index in [-0.39, 0.29) is 17.7 Å². The molecule has 2 N–H and O–H groups in total. The molecule has 1 aromatic carbocycles. The van der Waals surface area contributed by atoms with Crippen LogP contribution in [0.25, 0.3) is 0 Å². The summed E-state index contributed by atoms with van der Waals surface area (Å²) in [5.41, 5.74) is 0.452. The van der Waals surface area contributed by atoms with Crippen molar-refractivity contribution in [2.24, 2.45) is 0 Å². The third-order valence-corrected chi connectivity index (χ3v) is 2.96. The summed E-state index contributed by atoms with van der Waals surface area (Å²) >= 11 is 0. The molecule has 0 aliphatic rings. The van der Waals surface area contributed by atoms with Gasteiger partial charge in [0.15, 0.2) is 11.6 Å². The van der Waals surface area contributed by atoms with Gasteiger partial charge in [0.2, 0.25) is 0 Å². The van der Waals surface area contributed by atoms with Gasteiger partial charge in [0.1, 0.15) is 11.4 Å². The van der Waals surface area contributed by atoms with Gasteiger partial charge in [-0.05, 0) is 37.1 Å². The Labute approximate surface area is 120 Å². The van der Waals surface area contributed by atoms with Crippen LogP contribution in [0.5, 0.6) is 0 Å². The van der Waals surface area contributed by atoms with Gasteiger partial charge in [-0.15, -0.1) is 0 Å². The molecule has 1 heterocycles. The van der Waals surface area contributed by atoms with Crippen LogP contribution in [0.3, 0.4) is 0 Å². The fourth-order valence-electron chi connectivity index (χ4n) is 1.97. The van der Waals surface area contributed by atoms with Gasteiger partial charge in [0.05, 0.1) is 0 Å². The van der Waals surface area contributed by atoms with Crippen molar-refractivity contribution in [1.82, 2.24) is 4.98 Å². The fourth-order valence-corrected chi connectivity index (χ4v) is 1.97. The fraction of sp³-hybridized carbons (Fsp3) is 0.200. The third-order valence-electron chi connectivity index (χ3n) is 2.96. The topological polar surface area (TPSA) is 62.2 Å². The molecular formula is C15H14F2N2O2. The minimum absolute atomic E-state index is 0.107. The number of carboxylic acid groups (broad SMARTS) is 1. The van der Waals surface area contributed by atoms with Crippen LogP contribution in [-0.4, -0.2) is 22.1 Å². The Bertz CT molecular complexity index is 645.